The van der Waals surface area contributed by atoms with E-state index in [0.717, 1.165) is 5.56 Å². The van der Waals surface area contributed by atoms with Gasteiger partial charge in [0.1, 0.15) is 5.69 Å². The van der Waals surface area contributed by atoms with Gasteiger partial charge >= 0.3 is 5.69 Å². The van der Waals surface area contributed by atoms with Crippen molar-refractivity contribution in [3.63, 3.8) is 0 Å². The molecule has 0 saturated carbocycles. The number of nitrogens with one attached hydrogen (secondary N) is 2. The number of aromatic amines is 1. The molecule has 0 spiro atoms. The minimum atomic E-state index is -0.620. The molecule has 1 amide bonds. The van der Waals surface area contributed by atoms with E-state index >= 15 is 0 Å². The zero-order valence-electron chi connectivity index (χ0n) is 15.3. The Morgan fingerprint density at radius 2 is 1.89 bits per heavy atom. The summed E-state index contributed by atoms with van der Waals surface area (Å²) in [6.07, 6.45) is 1.43. The highest BCUT2D eigenvalue weighted by Gasteiger charge is 2.11. The van der Waals surface area contributed by atoms with Gasteiger partial charge in [-0.2, -0.15) is 10.1 Å². The zero-order valence-corrected chi connectivity index (χ0v) is 15.3. The van der Waals surface area contributed by atoms with Gasteiger partial charge < -0.3 is 14.5 Å². The second kappa shape index (κ2) is 8.63. The van der Waals surface area contributed by atoms with Crippen LogP contribution in [0.15, 0.2) is 64.5 Å². The number of H-pyrrole nitrogens is 1. The van der Waals surface area contributed by atoms with Crippen molar-refractivity contribution in [2.45, 2.75) is 0 Å². The van der Waals surface area contributed by atoms with Crippen LogP contribution >= 0.6 is 0 Å². The molecule has 0 aliphatic carbocycles. The summed E-state index contributed by atoms with van der Waals surface area (Å²) in [5, 5.41) is 3.93. The number of para-hydroxylation sites is 1. The summed E-state index contributed by atoms with van der Waals surface area (Å²) in [7, 11) is 3.05. The average Bonchev–Trinajstić information content (AvgIpc) is 2.73. The predicted molar refractivity (Wildman–Crippen MR) is 105 cm³/mol. The largest absolute Gasteiger partial charge is 0.493 e. The van der Waals surface area contributed by atoms with E-state index in [2.05, 4.69) is 20.5 Å². The van der Waals surface area contributed by atoms with Crippen LogP contribution in [-0.2, 0) is 0 Å². The fourth-order valence-electron chi connectivity index (χ4n) is 2.57. The van der Waals surface area contributed by atoms with E-state index in [1.165, 1.54) is 26.5 Å². The van der Waals surface area contributed by atoms with E-state index in [4.69, 9.17) is 9.47 Å². The van der Waals surface area contributed by atoms with Crippen LogP contribution in [0, 0.1) is 0 Å². The number of aromatic nitrogens is 2. The van der Waals surface area contributed by atoms with Crippen LogP contribution in [0.4, 0.5) is 0 Å². The summed E-state index contributed by atoms with van der Waals surface area (Å²) in [5.74, 6) is 0.463. The molecule has 0 saturated heterocycles. The Kier molecular flexibility index (Phi) is 5.81. The third-order valence-electron chi connectivity index (χ3n) is 3.86. The maximum absolute atomic E-state index is 12.4. The normalized spacial score (nSPS) is 10.6. The van der Waals surface area contributed by atoms with E-state index in [0.29, 0.717) is 22.8 Å². The Labute approximate surface area is 160 Å². The van der Waals surface area contributed by atoms with E-state index in [9.17, 15) is 9.59 Å². The van der Waals surface area contributed by atoms with E-state index in [1.54, 1.807) is 30.3 Å². The Morgan fingerprint density at radius 3 is 2.61 bits per heavy atom. The number of amides is 1. The number of rotatable bonds is 6. The molecule has 0 atom stereocenters. The highest BCUT2D eigenvalue weighted by molar-refractivity contribution is 5.94. The molecule has 8 heteroatoms. The molecule has 0 aliphatic rings. The van der Waals surface area contributed by atoms with Crippen molar-refractivity contribution in [1.29, 1.82) is 0 Å². The number of carbonyl (C=O) groups excluding carboxylic acids is 1. The smallest absolute Gasteiger partial charge is 0.346 e. The Bertz CT molecular complexity index is 1060. The van der Waals surface area contributed by atoms with Crippen LogP contribution in [-0.4, -0.2) is 36.3 Å². The number of hydrogen-bond acceptors (Lipinski definition) is 6. The highest BCUT2D eigenvalue weighted by Crippen LogP contribution is 2.29. The molecular formula is C20H18N4O4. The number of ether oxygens (including phenoxy) is 2. The maximum Gasteiger partial charge on any atom is 0.346 e. The molecule has 3 rings (SSSR count). The van der Waals surface area contributed by atoms with Crippen molar-refractivity contribution in [3.8, 4) is 22.8 Å². The average molecular weight is 378 g/mol. The fourth-order valence-corrected chi connectivity index (χ4v) is 2.57. The molecule has 28 heavy (non-hydrogen) atoms. The summed E-state index contributed by atoms with van der Waals surface area (Å²) in [4.78, 5) is 30.5. The molecule has 0 unspecified atom stereocenters. The number of hydrazone groups is 1. The topological polar surface area (TPSA) is 106 Å². The SMILES string of the molecule is COc1cccc(/C=N/NC(=O)c2cc(-c3ccccc3)nc(=O)[nH]2)c1OC. The number of benzene rings is 2. The third kappa shape index (κ3) is 4.24. The van der Waals surface area contributed by atoms with Crippen molar-refractivity contribution in [2.24, 2.45) is 5.10 Å². The summed E-state index contributed by atoms with van der Waals surface area (Å²) >= 11 is 0. The molecule has 2 aromatic carbocycles. The minimum absolute atomic E-state index is 0.0496. The summed E-state index contributed by atoms with van der Waals surface area (Å²) in [6.45, 7) is 0. The van der Waals surface area contributed by atoms with Crippen molar-refractivity contribution in [2.75, 3.05) is 14.2 Å². The number of methoxy groups -OCH3 is 2. The van der Waals surface area contributed by atoms with Gasteiger partial charge in [-0.15, -0.1) is 0 Å². The molecule has 8 nitrogen and oxygen atoms in total. The van der Waals surface area contributed by atoms with Crippen LogP contribution in [0.5, 0.6) is 11.5 Å². The summed E-state index contributed by atoms with van der Waals surface area (Å²) in [5.41, 5.74) is 3.55. The van der Waals surface area contributed by atoms with Gasteiger partial charge in [-0.25, -0.2) is 10.2 Å². The monoisotopic (exact) mass is 378 g/mol. The van der Waals surface area contributed by atoms with E-state index < -0.39 is 11.6 Å². The molecule has 0 aliphatic heterocycles. The van der Waals surface area contributed by atoms with Gasteiger partial charge in [0.05, 0.1) is 26.1 Å². The van der Waals surface area contributed by atoms with Crippen molar-refractivity contribution >= 4 is 12.1 Å². The lowest BCUT2D eigenvalue weighted by molar-refractivity contribution is 0.0949. The van der Waals surface area contributed by atoms with Crippen LogP contribution in [0.1, 0.15) is 16.1 Å². The van der Waals surface area contributed by atoms with Crippen molar-refractivity contribution < 1.29 is 14.3 Å². The Balaban J connectivity index is 1.80. The Hall–Kier alpha value is -3.94. The van der Waals surface area contributed by atoms with Crippen LogP contribution in [0.3, 0.4) is 0 Å². The van der Waals surface area contributed by atoms with Gasteiger partial charge in [0.25, 0.3) is 5.91 Å². The molecule has 2 N–H and O–H groups in total. The number of nitrogens with zero attached hydrogens (tertiary/aromatic N) is 2. The standard InChI is InChI=1S/C20H18N4O4/c1-27-17-10-6-9-14(18(17)28-2)12-21-24-19(25)16-11-15(22-20(26)23-16)13-7-4-3-5-8-13/h3-12H,1-2H3,(H,24,25)(H,22,23,26)/b21-12+. The predicted octanol–water partition coefficient (Wildman–Crippen LogP) is 2.22. The first-order valence-corrected chi connectivity index (χ1v) is 8.33. The second-order valence-electron chi connectivity index (χ2n) is 5.63. The van der Waals surface area contributed by atoms with Gasteiger partial charge in [0.15, 0.2) is 11.5 Å². The number of hydrogen-bond donors (Lipinski definition) is 2. The first-order valence-electron chi connectivity index (χ1n) is 8.33. The molecule has 3 aromatic rings. The third-order valence-corrected chi connectivity index (χ3v) is 3.86. The minimum Gasteiger partial charge on any atom is -0.493 e. The maximum atomic E-state index is 12.4. The van der Waals surface area contributed by atoms with E-state index in [1.807, 2.05) is 18.2 Å². The Morgan fingerprint density at radius 1 is 1.11 bits per heavy atom. The lowest BCUT2D eigenvalue weighted by atomic mass is 10.1. The quantitative estimate of drug-likeness (QED) is 0.505. The molecule has 0 fully saturated rings. The zero-order chi connectivity index (χ0) is 19.9. The molecule has 142 valence electrons. The van der Waals surface area contributed by atoms with E-state index in [-0.39, 0.29) is 5.69 Å². The molecule has 1 heterocycles. The van der Waals surface area contributed by atoms with Crippen LogP contribution in [0.25, 0.3) is 11.3 Å². The first kappa shape index (κ1) is 18.8. The summed E-state index contributed by atoms with van der Waals surface area (Å²) < 4.78 is 10.5. The van der Waals surface area contributed by atoms with Crippen LogP contribution in [0.2, 0.25) is 0 Å². The fraction of sp³-hybridized carbons (Fsp3) is 0.100. The van der Waals surface area contributed by atoms with Gasteiger partial charge in [-0.05, 0) is 18.2 Å². The summed E-state index contributed by atoms with van der Waals surface area (Å²) in [6, 6.07) is 15.9. The molecule has 1 aromatic heterocycles. The number of carbonyl (C=O) groups is 1. The second-order valence-corrected chi connectivity index (χ2v) is 5.63. The molecule has 0 radical (unpaired) electrons. The first-order chi connectivity index (χ1) is 13.6. The van der Waals surface area contributed by atoms with Gasteiger partial charge in [0, 0.05) is 11.1 Å². The molecule has 0 bridgehead atoms. The van der Waals surface area contributed by atoms with Gasteiger partial charge in [-0.3, -0.25) is 4.79 Å². The van der Waals surface area contributed by atoms with Crippen LogP contribution < -0.4 is 20.6 Å². The van der Waals surface area contributed by atoms with Crippen molar-refractivity contribution in [1.82, 2.24) is 15.4 Å². The van der Waals surface area contributed by atoms with Crippen molar-refractivity contribution in [3.05, 3.63) is 76.3 Å². The highest BCUT2D eigenvalue weighted by atomic mass is 16.5. The molecular weight excluding hydrogens is 360 g/mol. The van der Waals surface area contributed by atoms with Gasteiger partial charge in [0.2, 0.25) is 0 Å². The lowest BCUT2D eigenvalue weighted by Gasteiger charge is -2.09. The lowest BCUT2D eigenvalue weighted by Crippen LogP contribution is -2.24. The van der Waals surface area contributed by atoms with Gasteiger partial charge in [-0.1, -0.05) is 36.4 Å².